The largest absolute Gasteiger partial charge is 0.325 e. The number of carbonyl (C=O) groups is 1. The lowest BCUT2D eigenvalue weighted by molar-refractivity contribution is -0.115. The van der Waals surface area contributed by atoms with E-state index in [-0.39, 0.29) is 11.2 Å². The van der Waals surface area contributed by atoms with E-state index in [4.69, 9.17) is 0 Å². The summed E-state index contributed by atoms with van der Waals surface area (Å²) in [7, 11) is 0. The maximum absolute atomic E-state index is 12.6. The number of hydrogen-bond donors (Lipinski definition) is 1. The van der Waals surface area contributed by atoms with Gasteiger partial charge in [-0.1, -0.05) is 41.6 Å². The number of nitrogens with zero attached hydrogens (tertiary/aromatic N) is 2. The number of amides is 1. The van der Waals surface area contributed by atoms with Crippen molar-refractivity contribution >= 4 is 34.4 Å². The fourth-order valence-corrected chi connectivity index (χ4v) is 3.84. The summed E-state index contributed by atoms with van der Waals surface area (Å²) in [4.78, 5) is 17.3. The first kappa shape index (κ1) is 17.5. The molecule has 1 amide bonds. The fraction of sp³-hybridized carbons (Fsp3) is 0.300. The molecule has 3 rings (SSSR count). The van der Waals surface area contributed by atoms with E-state index in [2.05, 4.69) is 33.9 Å². The number of rotatable bonds is 5. The third kappa shape index (κ3) is 3.71. The molecular weight excluding hydrogens is 330 g/mol. The summed E-state index contributed by atoms with van der Waals surface area (Å²) in [6, 6.07) is 14.1. The highest BCUT2D eigenvalue weighted by Gasteiger charge is 2.19. The molecule has 1 atom stereocenters. The molecule has 0 saturated carbocycles. The predicted octanol–water partition coefficient (Wildman–Crippen LogP) is 4.79. The van der Waals surface area contributed by atoms with Gasteiger partial charge in [-0.2, -0.15) is 0 Å². The van der Waals surface area contributed by atoms with Crippen LogP contribution in [0.15, 0.2) is 47.6 Å². The Balaban J connectivity index is 1.77. The number of aromatic nitrogens is 2. The number of hydrogen-bond acceptors (Lipinski definition) is 3. The zero-order valence-corrected chi connectivity index (χ0v) is 15.9. The van der Waals surface area contributed by atoms with Gasteiger partial charge in [0.1, 0.15) is 0 Å². The topological polar surface area (TPSA) is 46.9 Å². The first-order valence-electron chi connectivity index (χ1n) is 8.49. The van der Waals surface area contributed by atoms with Crippen molar-refractivity contribution in [1.82, 2.24) is 9.55 Å². The normalized spacial score (nSPS) is 12.3. The van der Waals surface area contributed by atoms with E-state index in [0.717, 1.165) is 34.0 Å². The number of para-hydroxylation sites is 2. The van der Waals surface area contributed by atoms with Gasteiger partial charge in [-0.25, -0.2) is 4.98 Å². The number of nitrogens with one attached hydrogen (secondary N) is 1. The molecule has 0 saturated heterocycles. The van der Waals surface area contributed by atoms with Crippen molar-refractivity contribution in [3.63, 3.8) is 0 Å². The molecule has 0 aliphatic heterocycles. The van der Waals surface area contributed by atoms with Gasteiger partial charge >= 0.3 is 0 Å². The van der Waals surface area contributed by atoms with E-state index in [1.807, 2.05) is 51.1 Å². The van der Waals surface area contributed by atoms with Crippen LogP contribution in [0.2, 0.25) is 0 Å². The van der Waals surface area contributed by atoms with E-state index in [1.165, 1.54) is 17.3 Å². The maximum Gasteiger partial charge on any atom is 0.237 e. The van der Waals surface area contributed by atoms with Crippen LogP contribution in [0.1, 0.15) is 25.0 Å². The second-order valence-electron chi connectivity index (χ2n) is 6.20. The minimum absolute atomic E-state index is 0.00772. The maximum atomic E-state index is 12.6. The van der Waals surface area contributed by atoms with Crippen molar-refractivity contribution in [2.75, 3.05) is 5.32 Å². The SMILES string of the molecule is CCn1c(SC(C)C(=O)Nc2ccc(C)cc2C)nc2ccccc21. The lowest BCUT2D eigenvalue weighted by atomic mass is 10.1. The van der Waals surface area contributed by atoms with Crippen LogP contribution in [0.5, 0.6) is 0 Å². The van der Waals surface area contributed by atoms with Crippen LogP contribution in [0.3, 0.4) is 0 Å². The third-order valence-electron chi connectivity index (χ3n) is 4.23. The average molecular weight is 353 g/mol. The van der Waals surface area contributed by atoms with Gasteiger partial charge in [-0.05, 0) is 51.5 Å². The Labute approximate surface area is 152 Å². The second kappa shape index (κ2) is 7.31. The quantitative estimate of drug-likeness (QED) is 0.671. The van der Waals surface area contributed by atoms with Crippen LogP contribution in [0, 0.1) is 13.8 Å². The second-order valence-corrected chi connectivity index (χ2v) is 7.50. The van der Waals surface area contributed by atoms with Crippen molar-refractivity contribution in [3.05, 3.63) is 53.6 Å². The smallest absolute Gasteiger partial charge is 0.237 e. The minimum Gasteiger partial charge on any atom is -0.325 e. The third-order valence-corrected chi connectivity index (χ3v) is 5.32. The van der Waals surface area contributed by atoms with Crippen molar-refractivity contribution < 1.29 is 4.79 Å². The van der Waals surface area contributed by atoms with Gasteiger partial charge in [0.25, 0.3) is 0 Å². The molecule has 0 aliphatic rings. The summed E-state index contributed by atoms with van der Waals surface area (Å²) in [6.45, 7) is 8.90. The fourth-order valence-electron chi connectivity index (χ4n) is 2.85. The van der Waals surface area contributed by atoms with Gasteiger partial charge in [0.15, 0.2) is 5.16 Å². The number of aryl methyl sites for hydroxylation is 3. The monoisotopic (exact) mass is 353 g/mol. The van der Waals surface area contributed by atoms with E-state index >= 15 is 0 Å². The van der Waals surface area contributed by atoms with Crippen LogP contribution in [-0.2, 0) is 11.3 Å². The van der Waals surface area contributed by atoms with Crippen LogP contribution in [-0.4, -0.2) is 20.7 Å². The molecule has 130 valence electrons. The highest BCUT2D eigenvalue weighted by Crippen LogP contribution is 2.28. The van der Waals surface area contributed by atoms with Gasteiger partial charge in [-0.15, -0.1) is 0 Å². The van der Waals surface area contributed by atoms with Gasteiger partial charge in [-0.3, -0.25) is 4.79 Å². The molecule has 25 heavy (non-hydrogen) atoms. The average Bonchev–Trinajstić information content (AvgIpc) is 2.94. The summed E-state index contributed by atoms with van der Waals surface area (Å²) in [5.74, 6) is -0.00772. The van der Waals surface area contributed by atoms with Crippen LogP contribution in [0.25, 0.3) is 11.0 Å². The molecule has 5 heteroatoms. The van der Waals surface area contributed by atoms with Gasteiger partial charge in [0.05, 0.1) is 16.3 Å². The van der Waals surface area contributed by atoms with E-state index in [9.17, 15) is 4.79 Å². The Hall–Kier alpha value is -2.27. The molecule has 0 bridgehead atoms. The molecule has 0 radical (unpaired) electrons. The lowest BCUT2D eigenvalue weighted by Crippen LogP contribution is -2.23. The zero-order chi connectivity index (χ0) is 18.0. The summed E-state index contributed by atoms with van der Waals surface area (Å²) >= 11 is 1.50. The first-order chi connectivity index (χ1) is 12.0. The Bertz CT molecular complexity index is 916. The summed E-state index contributed by atoms with van der Waals surface area (Å²) in [5.41, 5.74) is 5.20. The molecule has 1 unspecified atom stereocenters. The number of carbonyl (C=O) groups excluding carboxylic acids is 1. The van der Waals surface area contributed by atoms with E-state index < -0.39 is 0 Å². The number of fused-ring (bicyclic) bond motifs is 1. The lowest BCUT2D eigenvalue weighted by Gasteiger charge is -2.14. The Morgan fingerprint density at radius 2 is 2.00 bits per heavy atom. The van der Waals surface area contributed by atoms with Crippen molar-refractivity contribution in [2.45, 2.75) is 44.6 Å². The number of anilines is 1. The van der Waals surface area contributed by atoms with Crippen LogP contribution in [0.4, 0.5) is 5.69 Å². The highest BCUT2D eigenvalue weighted by atomic mass is 32.2. The summed E-state index contributed by atoms with van der Waals surface area (Å²) in [6.07, 6.45) is 0. The molecule has 0 spiro atoms. The molecule has 3 aromatic rings. The number of thioether (sulfide) groups is 1. The molecule has 1 heterocycles. The van der Waals surface area contributed by atoms with Crippen molar-refractivity contribution in [2.24, 2.45) is 0 Å². The predicted molar refractivity (Wildman–Crippen MR) is 105 cm³/mol. The Morgan fingerprint density at radius 1 is 1.24 bits per heavy atom. The van der Waals surface area contributed by atoms with Crippen molar-refractivity contribution in [3.8, 4) is 0 Å². The zero-order valence-electron chi connectivity index (χ0n) is 15.0. The molecule has 0 aliphatic carbocycles. The Kier molecular flexibility index (Phi) is 5.13. The molecule has 0 fully saturated rings. The Morgan fingerprint density at radius 3 is 2.72 bits per heavy atom. The number of imidazole rings is 1. The molecule has 4 nitrogen and oxygen atoms in total. The van der Waals surface area contributed by atoms with Crippen LogP contribution < -0.4 is 5.32 Å². The molecular formula is C20H23N3OS. The number of benzene rings is 2. The summed E-state index contributed by atoms with van der Waals surface area (Å²) in [5, 5.41) is 3.68. The van der Waals surface area contributed by atoms with Gasteiger partial charge in [0.2, 0.25) is 5.91 Å². The van der Waals surface area contributed by atoms with Gasteiger partial charge < -0.3 is 9.88 Å². The first-order valence-corrected chi connectivity index (χ1v) is 9.37. The van der Waals surface area contributed by atoms with Crippen molar-refractivity contribution in [1.29, 1.82) is 0 Å². The van der Waals surface area contributed by atoms with Crippen LogP contribution >= 0.6 is 11.8 Å². The molecule has 1 aromatic heterocycles. The van der Waals surface area contributed by atoms with E-state index in [0.29, 0.717) is 0 Å². The summed E-state index contributed by atoms with van der Waals surface area (Å²) < 4.78 is 2.15. The minimum atomic E-state index is -0.234. The molecule has 2 aromatic carbocycles. The van der Waals surface area contributed by atoms with E-state index in [1.54, 1.807) is 0 Å². The highest BCUT2D eigenvalue weighted by molar-refractivity contribution is 8.00. The molecule has 1 N–H and O–H groups in total. The van der Waals surface area contributed by atoms with Gasteiger partial charge in [0, 0.05) is 12.2 Å². The standard InChI is InChI=1S/C20H23N3OS/c1-5-23-18-9-7-6-8-17(18)22-20(23)25-15(4)19(24)21-16-11-10-13(2)12-14(16)3/h6-12,15H,5H2,1-4H3,(H,21,24).